The SMILES string of the molecule is Cc1cccc(N2C[C@H](C(=O)NC3CC3)CC2=O)c1. The molecule has 1 saturated heterocycles. The molecule has 100 valence electrons. The van der Waals surface area contributed by atoms with E-state index in [1.165, 1.54) is 0 Å². The van der Waals surface area contributed by atoms with Crippen LogP contribution in [-0.4, -0.2) is 24.4 Å². The van der Waals surface area contributed by atoms with Crippen molar-refractivity contribution in [1.29, 1.82) is 0 Å². The predicted octanol–water partition coefficient (Wildman–Crippen LogP) is 1.63. The minimum Gasteiger partial charge on any atom is -0.353 e. The van der Waals surface area contributed by atoms with Gasteiger partial charge in [0, 0.05) is 24.7 Å². The van der Waals surface area contributed by atoms with E-state index in [2.05, 4.69) is 5.32 Å². The summed E-state index contributed by atoms with van der Waals surface area (Å²) in [4.78, 5) is 25.8. The maximum absolute atomic E-state index is 12.0. The second-order valence-corrected chi connectivity index (χ2v) is 5.53. The maximum Gasteiger partial charge on any atom is 0.227 e. The van der Waals surface area contributed by atoms with Crippen molar-refractivity contribution in [3.05, 3.63) is 29.8 Å². The third-order valence-electron chi connectivity index (χ3n) is 3.73. The lowest BCUT2D eigenvalue weighted by atomic mass is 10.1. The fourth-order valence-corrected chi connectivity index (χ4v) is 2.48. The van der Waals surface area contributed by atoms with Crippen molar-refractivity contribution < 1.29 is 9.59 Å². The molecule has 0 spiro atoms. The van der Waals surface area contributed by atoms with Crippen molar-refractivity contribution in [2.24, 2.45) is 5.92 Å². The van der Waals surface area contributed by atoms with Gasteiger partial charge in [-0.25, -0.2) is 0 Å². The summed E-state index contributed by atoms with van der Waals surface area (Å²) in [6, 6.07) is 8.21. The summed E-state index contributed by atoms with van der Waals surface area (Å²) in [6.07, 6.45) is 2.48. The molecule has 4 heteroatoms. The van der Waals surface area contributed by atoms with Crippen LogP contribution in [0.5, 0.6) is 0 Å². The summed E-state index contributed by atoms with van der Waals surface area (Å²) in [5, 5.41) is 2.98. The van der Waals surface area contributed by atoms with Crippen molar-refractivity contribution in [2.45, 2.75) is 32.2 Å². The Kier molecular flexibility index (Phi) is 3.01. The lowest BCUT2D eigenvalue weighted by Crippen LogP contribution is -2.34. The number of amides is 2. The molecule has 0 bridgehead atoms. The molecule has 1 aromatic carbocycles. The van der Waals surface area contributed by atoms with Gasteiger partial charge in [0.2, 0.25) is 11.8 Å². The molecule has 1 heterocycles. The van der Waals surface area contributed by atoms with Crippen molar-refractivity contribution >= 4 is 17.5 Å². The molecule has 0 unspecified atom stereocenters. The van der Waals surface area contributed by atoms with Crippen LogP contribution in [0.25, 0.3) is 0 Å². The number of carbonyl (C=O) groups excluding carboxylic acids is 2. The van der Waals surface area contributed by atoms with Gasteiger partial charge in [-0.3, -0.25) is 9.59 Å². The molecule has 4 nitrogen and oxygen atoms in total. The van der Waals surface area contributed by atoms with E-state index in [1.807, 2.05) is 31.2 Å². The Labute approximate surface area is 112 Å². The molecule has 1 aliphatic heterocycles. The summed E-state index contributed by atoms with van der Waals surface area (Å²) in [5.41, 5.74) is 2.02. The van der Waals surface area contributed by atoms with Gasteiger partial charge in [0.1, 0.15) is 0 Å². The van der Waals surface area contributed by atoms with Crippen LogP contribution in [0.1, 0.15) is 24.8 Å². The third kappa shape index (κ3) is 2.62. The van der Waals surface area contributed by atoms with E-state index in [9.17, 15) is 9.59 Å². The van der Waals surface area contributed by atoms with Gasteiger partial charge in [0.15, 0.2) is 0 Å². The predicted molar refractivity (Wildman–Crippen MR) is 72.8 cm³/mol. The number of hydrogen-bond acceptors (Lipinski definition) is 2. The lowest BCUT2D eigenvalue weighted by Gasteiger charge is -2.17. The summed E-state index contributed by atoms with van der Waals surface area (Å²) in [5.74, 6) is -0.124. The zero-order valence-corrected chi connectivity index (χ0v) is 11.1. The first-order valence-electron chi connectivity index (χ1n) is 6.81. The van der Waals surface area contributed by atoms with Crippen molar-refractivity contribution in [3.8, 4) is 0 Å². The maximum atomic E-state index is 12.0. The summed E-state index contributed by atoms with van der Waals surface area (Å²) < 4.78 is 0. The largest absolute Gasteiger partial charge is 0.353 e. The average Bonchev–Trinajstić information content (AvgIpc) is 3.09. The van der Waals surface area contributed by atoms with Gasteiger partial charge in [-0.2, -0.15) is 0 Å². The number of benzene rings is 1. The Morgan fingerprint density at radius 2 is 2.16 bits per heavy atom. The number of nitrogens with zero attached hydrogens (tertiary/aromatic N) is 1. The van der Waals surface area contributed by atoms with E-state index in [4.69, 9.17) is 0 Å². The number of anilines is 1. The monoisotopic (exact) mass is 258 g/mol. The Morgan fingerprint density at radius 3 is 2.84 bits per heavy atom. The minimum atomic E-state index is -0.200. The van der Waals surface area contributed by atoms with E-state index in [0.29, 0.717) is 19.0 Å². The molecular formula is C15H18N2O2. The summed E-state index contributed by atoms with van der Waals surface area (Å²) >= 11 is 0. The first-order chi connectivity index (χ1) is 9.13. The quantitative estimate of drug-likeness (QED) is 0.895. The third-order valence-corrected chi connectivity index (χ3v) is 3.73. The molecule has 1 atom stereocenters. The minimum absolute atomic E-state index is 0.0333. The molecule has 1 aliphatic carbocycles. The Bertz CT molecular complexity index is 523. The summed E-state index contributed by atoms with van der Waals surface area (Å²) in [6.45, 7) is 2.50. The van der Waals surface area contributed by atoms with Crippen LogP contribution < -0.4 is 10.2 Å². The molecule has 1 saturated carbocycles. The Morgan fingerprint density at radius 1 is 1.37 bits per heavy atom. The van der Waals surface area contributed by atoms with Crippen molar-refractivity contribution in [2.75, 3.05) is 11.4 Å². The van der Waals surface area contributed by atoms with E-state index in [0.717, 1.165) is 24.1 Å². The fourth-order valence-electron chi connectivity index (χ4n) is 2.48. The van der Waals surface area contributed by atoms with E-state index in [-0.39, 0.29) is 17.7 Å². The van der Waals surface area contributed by atoms with Crippen LogP contribution in [0.15, 0.2) is 24.3 Å². The smallest absolute Gasteiger partial charge is 0.227 e. The second-order valence-electron chi connectivity index (χ2n) is 5.53. The lowest BCUT2D eigenvalue weighted by molar-refractivity contribution is -0.126. The zero-order chi connectivity index (χ0) is 13.4. The molecule has 0 aromatic heterocycles. The highest BCUT2D eigenvalue weighted by Gasteiger charge is 2.36. The highest BCUT2D eigenvalue weighted by Crippen LogP contribution is 2.27. The highest BCUT2D eigenvalue weighted by atomic mass is 16.2. The van der Waals surface area contributed by atoms with Crippen LogP contribution in [-0.2, 0) is 9.59 Å². The normalized spacial score (nSPS) is 22.7. The number of rotatable bonds is 3. The van der Waals surface area contributed by atoms with Crippen molar-refractivity contribution in [3.63, 3.8) is 0 Å². The summed E-state index contributed by atoms with van der Waals surface area (Å²) in [7, 11) is 0. The molecule has 2 fully saturated rings. The van der Waals surface area contributed by atoms with E-state index >= 15 is 0 Å². The molecule has 2 aliphatic rings. The number of nitrogens with one attached hydrogen (secondary N) is 1. The molecule has 1 N–H and O–H groups in total. The first-order valence-corrected chi connectivity index (χ1v) is 6.81. The first kappa shape index (κ1) is 12.2. The van der Waals surface area contributed by atoms with Crippen molar-refractivity contribution in [1.82, 2.24) is 5.32 Å². The topological polar surface area (TPSA) is 49.4 Å². The van der Waals surface area contributed by atoms with E-state index in [1.54, 1.807) is 4.90 Å². The second kappa shape index (κ2) is 4.68. The van der Waals surface area contributed by atoms with Gasteiger partial charge < -0.3 is 10.2 Å². The number of hydrogen-bond donors (Lipinski definition) is 1. The van der Waals surface area contributed by atoms with Gasteiger partial charge in [0.05, 0.1) is 5.92 Å². The molecule has 0 radical (unpaired) electrons. The highest BCUT2D eigenvalue weighted by molar-refractivity contribution is 6.00. The van der Waals surface area contributed by atoms with E-state index < -0.39 is 0 Å². The average molecular weight is 258 g/mol. The fraction of sp³-hybridized carbons (Fsp3) is 0.467. The standard InChI is InChI=1S/C15H18N2O2/c1-10-3-2-4-13(7-10)17-9-11(8-14(17)18)15(19)16-12-5-6-12/h2-4,7,11-12H,5-6,8-9H2,1H3,(H,16,19)/t11-/m1/s1. The van der Waals surface area contributed by atoms with Gasteiger partial charge in [-0.1, -0.05) is 12.1 Å². The Hall–Kier alpha value is -1.84. The molecule has 2 amide bonds. The molecule has 1 aromatic rings. The number of aryl methyl sites for hydroxylation is 1. The zero-order valence-electron chi connectivity index (χ0n) is 11.1. The van der Waals surface area contributed by atoms with Crippen LogP contribution in [0.4, 0.5) is 5.69 Å². The van der Waals surface area contributed by atoms with Crippen LogP contribution in [0.2, 0.25) is 0 Å². The van der Waals surface area contributed by atoms with Gasteiger partial charge in [-0.05, 0) is 37.5 Å². The molecule has 19 heavy (non-hydrogen) atoms. The van der Waals surface area contributed by atoms with Gasteiger partial charge in [0.25, 0.3) is 0 Å². The number of carbonyl (C=O) groups is 2. The van der Waals surface area contributed by atoms with Crippen LogP contribution >= 0.6 is 0 Å². The van der Waals surface area contributed by atoms with Gasteiger partial charge in [-0.15, -0.1) is 0 Å². The molecule has 3 rings (SSSR count). The van der Waals surface area contributed by atoms with Crippen LogP contribution in [0.3, 0.4) is 0 Å². The molecular weight excluding hydrogens is 240 g/mol. The van der Waals surface area contributed by atoms with Crippen LogP contribution in [0, 0.1) is 12.8 Å². The van der Waals surface area contributed by atoms with Gasteiger partial charge >= 0.3 is 0 Å². The Balaban J connectivity index is 1.70.